The van der Waals surface area contributed by atoms with Crippen molar-refractivity contribution in [3.63, 3.8) is 0 Å². The second kappa shape index (κ2) is 6.85. The average Bonchev–Trinajstić information content (AvgIpc) is 2.63. The molecule has 0 bridgehead atoms. The van der Waals surface area contributed by atoms with Gasteiger partial charge >= 0.3 is 0 Å². The molecule has 152 valence electrons. The Morgan fingerprint density at radius 1 is 1.18 bits per heavy atom. The van der Waals surface area contributed by atoms with Crippen molar-refractivity contribution in [2.24, 2.45) is 17.8 Å². The van der Waals surface area contributed by atoms with Crippen molar-refractivity contribution >= 4 is 10.9 Å². The molecule has 2 aliphatic rings. The Hall–Kier alpha value is -1.92. The van der Waals surface area contributed by atoms with Crippen LogP contribution in [0.25, 0.3) is 10.9 Å². The second-order valence-electron chi connectivity index (χ2n) is 8.58. The highest BCUT2D eigenvalue weighted by Crippen LogP contribution is 2.53. The molecule has 28 heavy (non-hydrogen) atoms. The summed E-state index contributed by atoms with van der Waals surface area (Å²) in [4.78, 5) is 19.6. The first-order valence-corrected chi connectivity index (χ1v) is 9.89. The number of aromatic amines is 1. The molecule has 0 spiro atoms. The van der Waals surface area contributed by atoms with Gasteiger partial charge < -0.3 is 4.98 Å². The van der Waals surface area contributed by atoms with Crippen molar-refractivity contribution in [3.8, 4) is 0 Å². The molecule has 2 fully saturated rings. The van der Waals surface area contributed by atoms with Crippen molar-refractivity contribution in [3.05, 3.63) is 40.4 Å². The minimum absolute atomic E-state index is 0.0348. The van der Waals surface area contributed by atoms with Crippen LogP contribution >= 0.6 is 0 Å². The summed E-state index contributed by atoms with van der Waals surface area (Å²) < 4.78 is 56.4. The molecule has 3 nitrogen and oxygen atoms in total. The van der Waals surface area contributed by atoms with Gasteiger partial charge in [0.05, 0.1) is 10.9 Å². The molecule has 2 aliphatic carbocycles. The molecule has 0 saturated heterocycles. The third-order valence-corrected chi connectivity index (χ3v) is 6.76. The van der Waals surface area contributed by atoms with Gasteiger partial charge in [-0.05, 0) is 37.2 Å². The van der Waals surface area contributed by atoms with Gasteiger partial charge in [0.25, 0.3) is 5.92 Å². The number of H-pyrrole nitrogens is 1. The maximum absolute atomic E-state index is 14.3. The third-order valence-electron chi connectivity index (χ3n) is 6.76. The molecular formula is C21H24F4N2O. The first-order valence-electron chi connectivity index (χ1n) is 9.89. The van der Waals surface area contributed by atoms with Gasteiger partial charge in [0, 0.05) is 55.3 Å². The largest absolute Gasteiger partial charge is 0.358 e. The number of pyridine rings is 2. The van der Waals surface area contributed by atoms with E-state index in [1.165, 1.54) is 12.3 Å². The van der Waals surface area contributed by atoms with Crippen LogP contribution in [0.2, 0.25) is 0 Å². The van der Waals surface area contributed by atoms with Crippen LogP contribution in [-0.2, 0) is 0 Å². The van der Waals surface area contributed by atoms with Gasteiger partial charge in [0.2, 0.25) is 5.92 Å². The van der Waals surface area contributed by atoms with E-state index in [4.69, 9.17) is 0 Å². The van der Waals surface area contributed by atoms with E-state index in [-0.39, 0.29) is 42.9 Å². The molecule has 4 rings (SSSR count). The van der Waals surface area contributed by atoms with Crippen LogP contribution in [0.3, 0.4) is 0 Å². The Morgan fingerprint density at radius 3 is 2.71 bits per heavy atom. The highest BCUT2D eigenvalue weighted by molar-refractivity contribution is 5.77. The summed E-state index contributed by atoms with van der Waals surface area (Å²) in [6.45, 7) is 1.55. The molecule has 2 saturated carbocycles. The fourth-order valence-corrected chi connectivity index (χ4v) is 5.13. The molecule has 7 heteroatoms. The predicted molar refractivity (Wildman–Crippen MR) is 98.8 cm³/mol. The van der Waals surface area contributed by atoms with Crippen molar-refractivity contribution in [2.45, 2.75) is 63.2 Å². The Kier molecular flexibility index (Phi) is 4.74. The van der Waals surface area contributed by atoms with Gasteiger partial charge in [0.15, 0.2) is 5.43 Å². The van der Waals surface area contributed by atoms with E-state index in [1.54, 1.807) is 19.2 Å². The molecule has 3 unspecified atom stereocenters. The Morgan fingerprint density at radius 2 is 1.96 bits per heavy atom. The number of hydrogen-bond donors (Lipinski definition) is 1. The zero-order valence-corrected chi connectivity index (χ0v) is 15.7. The van der Waals surface area contributed by atoms with Crippen LogP contribution in [0.5, 0.6) is 0 Å². The smallest absolute Gasteiger partial charge is 0.250 e. The Bertz CT molecular complexity index is 926. The minimum atomic E-state index is -2.81. The fourth-order valence-electron chi connectivity index (χ4n) is 5.13. The zero-order valence-electron chi connectivity index (χ0n) is 15.7. The number of hydrogen-bond acceptors (Lipinski definition) is 2. The Balaban J connectivity index is 1.70. The molecule has 0 aliphatic heterocycles. The molecule has 4 atom stereocenters. The number of aromatic nitrogens is 2. The molecule has 2 heterocycles. The number of halogens is 4. The summed E-state index contributed by atoms with van der Waals surface area (Å²) in [6.07, 6.45) is 3.18. The van der Waals surface area contributed by atoms with Gasteiger partial charge in [-0.15, -0.1) is 0 Å². The van der Waals surface area contributed by atoms with Gasteiger partial charge in [-0.1, -0.05) is 6.92 Å². The topological polar surface area (TPSA) is 45.8 Å². The standard InChI is InChI=1S/C21H24F4N2O/c1-12-8-13(2-6-21(12,24)25)14-3-5-20(22,23)10-15(14)18-9-19(28)16-11-26-7-4-17(16)27-18/h4,7,9,11-15H,2-3,5-6,8,10H2,1H3,(H,27,28)/t12?,13?,14-,15?/m0/s1. The van der Waals surface area contributed by atoms with E-state index >= 15 is 0 Å². The SMILES string of the molecule is CC1CC([C@@H]2CCC(F)(F)CC2c2cc(=O)c3cnccc3[nH]2)CCC1(F)F. The Labute approximate surface area is 160 Å². The van der Waals surface area contributed by atoms with Crippen LogP contribution in [0, 0.1) is 17.8 Å². The monoisotopic (exact) mass is 396 g/mol. The maximum Gasteiger partial charge on any atom is 0.250 e. The minimum Gasteiger partial charge on any atom is -0.358 e. The van der Waals surface area contributed by atoms with Gasteiger partial charge in [-0.25, -0.2) is 17.6 Å². The summed E-state index contributed by atoms with van der Waals surface area (Å²) in [5.74, 6) is -6.96. The normalized spacial score (nSPS) is 32.3. The van der Waals surface area contributed by atoms with E-state index in [2.05, 4.69) is 9.97 Å². The molecule has 2 aromatic rings. The fraction of sp³-hybridized carbons (Fsp3) is 0.619. The summed E-state index contributed by atoms with van der Waals surface area (Å²) in [5.41, 5.74) is 0.791. The van der Waals surface area contributed by atoms with Crippen molar-refractivity contribution < 1.29 is 17.6 Å². The van der Waals surface area contributed by atoms with Crippen molar-refractivity contribution in [1.82, 2.24) is 9.97 Å². The van der Waals surface area contributed by atoms with Gasteiger partial charge in [-0.2, -0.15) is 0 Å². The summed E-state index contributed by atoms with van der Waals surface area (Å²) in [7, 11) is 0. The van der Waals surface area contributed by atoms with Crippen LogP contribution in [0.15, 0.2) is 29.3 Å². The highest BCUT2D eigenvalue weighted by Gasteiger charge is 2.49. The molecular weight excluding hydrogens is 372 g/mol. The van der Waals surface area contributed by atoms with Crippen molar-refractivity contribution in [1.29, 1.82) is 0 Å². The van der Waals surface area contributed by atoms with Gasteiger partial charge in [-0.3, -0.25) is 9.78 Å². The lowest BCUT2D eigenvalue weighted by atomic mass is 9.64. The molecule has 2 aromatic heterocycles. The van der Waals surface area contributed by atoms with Crippen LogP contribution < -0.4 is 5.43 Å². The van der Waals surface area contributed by atoms with E-state index in [0.717, 1.165) is 0 Å². The number of nitrogens with one attached hydrogen (secondary N) is 1. The molecule has 1 N–H and O–H groups in total. The molecule has 0 radical (unpaired) electrons. The van der Waals surface area contributed by atoms with Crippen LogP contribution in [0.4, 0.5) is 17.6 Å². The zero-order chi connectivity index (χ0) is 20.1. The molecule has 0 aromatic carbocycles. The maximum atomic E-state index is 14.3. The van der Waals surface area contributed by atoms with Crippen molar-refractivity contribution in [2.75, 3.05) is 0 Å². The molecule has 0 amide bonds. The van der Waals surface area contributed by atoms with Crippen LogP contribution in [0.1, 0.15) is 57.1 Å². The van der Waals surface area contributed by atoms with Crippen LogP contribution in [-0.4, -0.2) is 21.8 Å². The quantitative estimate of drug-likeness (QED) is 0.680. The third kappa shape index (κ3) is 3.55. The summed E-state index contributed by atoms with van der Waals surface area (Å²) in [5, 5.41) is 0.413. The number of alkyl halides is 4. The summed E-state index contributed by atoms with van der Waals surface area (Å²) >= 11 is 0. The number of rotatable bonds is 2. The lowest BCUT2D eigenvalue weighted by Gasteiger charge is -2.44. The lowest BCUT2D eigenvalue weighted by Crippen LogP contribution is -2.41. The first-order chi connectivity index (χ1) is 13.2. The lowest BCUT2D eigenvalue weighted by molar-refractivity contribution is -0.111. The predicted octanol–water partition coefficient (Wildman–Crippen LogP) is 5.51. The van der Waals surface area contributed by atoms with E-state index in [1.807, 2.05) is 0 Å². The number of fused-ring (bicyclic) bond motifs is 1. The van der Waals surface area contributed by atoms with E-state index < -0.39 is 23.7 Å². The second-order valence-corrected chi connectivity index (χ2v) is 8.58. The average molecular weight is 396 g/mol. The van der Waals surface area contributed by atoms with Gasteiger partial charge in [0.1, 0.15) is 0 Å². The van der Waals surface area contributed by atoms with E-state index in [0.29, 0.717) is 29.4 Å². The van der Waals surface area contributed by atoms with E-state index in [9.17, 15) is 22.4 Å². The summed E-state index contributed by atoms with van der Waals surface area (Å²) in [6, 6.07) is 3.05. The first kappa shape index (κ1) is 19.4. The number of nitrogens with zero attached hydrogens (tertiary/aromatic N) is 1. The highest BCUT2D eigenvalue weighted by atomic mass is 19.3.